The number of carboxylic acid groups (broad SMARTS) is 1. The Kier molecular flexibility index (Phi) is 15.2. The van der Waals surface area contributed by atoms with Crippen molar-refractivity contribution in [2.24, 2.45) is 0 Å². The predicted molar refractivity (Wildman–Crippen MR) is 272 cm³/mol. The van der Waals surface area contributed by atoms with E-state index in [0.29, 0.717) is 13.1 Å². The third kappa shape index (κ3) is 12.3. The summed E-state index contributed by atoms with van der Waals surface area (Å²) in [4.78, 5) is 59.7. The number of carboxylic acids is 1. The van der Waals surface area contributed by atoms with E-state index in [1.54, 1.807) is 12.2 Å². The smallest absolute Gasteiger partial charge is 0.410 e. The maximum atomic E-state index is 13.4. The van der Waals surface area contributed by atoms with Gasteiger partial charge in [0.05, 0.1) is 19.2 Å². The predicted octanol–water partition coefficient (Wildman–Crippen LogP) is 12.2. The highest BCUT2D eigenvalue weighted by Gasteiger charge is 2.35. The number of hydrogen-bond donors (Lipinski definition) is 3. The lowest BCUT2D eigenvalue weighted by atomic mass is 10.0. The number of methoxy groups -OCH3 is 1. The van der Waals surface area contributed by atoms with Crippen molar-refractivity contribution in [1.29, 1.82) is 0 Å². The molecule has 2 atom stereocenters. The maximum Gasteiger partial charge on any atom is 0.410 e. The number of carbonyl (C=O) groups excluding carboxylic acids is 3. The summed E-state index contributed by atoms with van der Waals surface area (Å²) in [5.41, 5.74) is 12.1. The minimum atomic E-state index is -0.970. The molecule has 0 spiro atoms. The van der Waals surface area contributed by atoms with Gasteiger partial charge in [0.1, 0.15) is 11.2 Å². The van der Waals surface area contributed by atoms with Crippen molar-refractivity contribution in [1.82, 2.24) is 19.8 Å². The van der Waals surface area contributed by atoms with E-state index in [-0.39, 0.29) is 30.2 Å². The molecule has 2 heterocycles. The number of aryl methyl sites for hydroxylation is 4. The van der Waals surface area contributed by atoms with Gasteiger partial charge in [0.15, 0.2) is 0 Å². The summed E-state index contributed by atoms with van der Waals surface area (Å²) >= 11 is 0. The lowest BCUT2D eigenvalue weighted by Crippen LogP contribution is -2.40. The first-order valence-electron chi connectivity index (χ1n) is 23.8. The second kappa shape index (κ2) is 21.1. The van der Waals surface area contributed by atoms with Crippen molar-refractivity contribution >= 4 is 58.1 Å². The van der Waals surface area contributed by atoms with E-state index in [9.17, 15) is 19.2 Å². The molecule has 2 unspecified atom stereocenters. The molecule has 0 saturated heterocycles. The standard InChI is InChI=1S/C29H34N2O4.C28H32N2O4/c1-19-22(24-8-6-7-9-25(24)30-19)16-17-31(28(33)35-29(2,3)4)26-14-12-21-18-20(10-13-23(21)26)11-15-27(32)34-5;1-18-21(23-7-5-6-8-24(23)29-18)15-16-30(27(33)34-28(2,3)4)25-13-11-20-17-19(9-12-22(20)25)10-14-26(31)32/h6-11,13,15,18,26,30H,12,14,16-17H2,1-5H3;5-10,12,14,17,25,29H,11,13,15-16H2,1-4H3,(H,31,32)/b15-11+;14-10+. The molecule has 0 bridgehead atoms. The number of aromatic amines is 2. The summed E-state index contributed by atoms with van der Waals surface area (Å²) in [6, 6.07) is 28.5. The minimum absolute atomic E-state index is 0.0519. The van der Waals surface area contributed by atoms with E-state index in [2.05, 4.69) is 65.0 Å². The number of hydrogen-bond acceptors (Lipinski definition) is 7. The zero-order chi connectivity index (χ0) is 49.6. The third-order valence-electron chi connectivity index (χ3n) is 12.7. The third-order valence-corrected chi connectivity index (χ3v) is 12.7. The van der Waals surface area contributed by atoms with Gasteiger partial charge in [0.25, 0.3) is 0 Å². The summed E-state index contributed by atoms with van der Waals surface area (Å²) in [6.45, 7) is 16.6. The van der Waals surface area contributed by atoms with Crippen LogP contribution in [-0.4, -0.2) is 80.4 Å². The fraction of sp³-hybridized carbons (Fsp3) is 0.368. The Balaban J connectivity index is 0.000000204. The molecule has 2 amide bonds. The molecule has 2 aliphatic carbocycles. The Hall–Kier alpha value is -7.08. The fourth-order valence-corrected chi connectivity index (χ4v) is 9.65. The van der Waals surface area contributed by atoms with Gasteiger partial charge in [0, 0.05) is 58.4 Å². The second-order valence-corrected chi connectivity index (χ2v) is 19.9. The van der Waals surface area contributed by atoms with Crippen LogP contribution in [0.2, 0.25) is 0 Å². The molecule has 6 aromatic rings. The zero-order valence-corrected chi connectivity index (χ0v) is 41.4. The van der Waals surface area contributed by atoms with E-state index < -0.39 is 17.2 Å². The first-order chi connectivity index (χ1) is 32.8. The second-order valence-electron chi connectivity index (χ2n) is 19.9. The van der Waals surface area contributed by atoms with Crippen LogP contribution in [-0.2, 0) is 49.5 Å². The van der Waals surface area contributed by atoms with Gasteiger partial charge in [-0.25, -0.2) is 19.2 Å². The molecule has 2 aromatic heterocycles. The van der Waals surface area contributed by atoms with Gasteiger partial charge in [-0.05, 0) is 163 Å². The molecule has 2 aliphatic rings. The van der Waals surface area contributed by atoms with Crippen LogP contribution in [0, 0.1) is 13.8 Å². The molecule has 12 heteroatoms. The van der Waals surface area contributed by atoms with Gasteiger partial charge in [-0.1, -0.05) is 72.8 Å². The number of esters is 1. The van der Waals surface area contributed by atoms with Crippen molar-refractivity contribution in [2.45, 2.75) is 117 Å². The SMILES string of the molecule is COC(=O)/C=C/c1ccc2c(c1)CCC2N(CCc1c(C)[nH]c2ccccc12)C(=O)OC(C)(C)C.Cc1[nH]c2ccccc2c1CCN(C(=O)OC(C)(C)C)C1CCc2cc(/C=C/C(=O)O)ccc21. The Labute approximate surface area is 405 Å². The largest absolute Gasteiger partial charge is 0.478 e. The Morgan fingerprint density at radius 2 is 1.06 bits per heavy atom. The van der Waals surface area contributed by atoms with Crippen LogP contribution >= 0.6 is 0 Å². The number of amides is 2. The number of aromatic nitrogens is 2. The number of H-pyrrole nitrogens is 2. The van der Waals surface area contributed by atoms with Crippen molar-refractivity contribution in [3.8, 4) is 0 Å². The van der Waals surface area contributed by atoms with Crippen molar-refractivity contribution in [3.63, 3.8) is 0 Å². The molecule has 362 valence electrons. The highest BCUT2D eigenvalue weighted by atomic mass is 16.6. The summed E-state index contributed by atoms with van der Waals surface area (Å²) in [5, 5.41) is 11.3. The summed E-state index contributed by atoms with van der Waals surface area (Å²) < 4.78 is 16.3. The number of aliphatic carboxylic acids is 1. The Morgan fingerprint density at radius 1 is 0.638 bits per heavy atom. The summed E-state index contributed by atoms with van der Waals surface area (Å²) in [5.74, 6) is -1.35. The molecule has 0 fully saturated rings. The summed E-state index contributed by atoms with van der Waals surface area (Å²) in [6.07, 6.45) is 10.1. The lowest BCUT2D eigenvalue weighted by molar-refractivity contribution is -0.135. The number of nitrogens with one attached hydrogen (secondary N) is 2. The molecular weight excluding hydrogens is 869 g/mol. The summed E-state index contributed by atoms with van der Waals surface area (Å²) in [7, 11) is 1.36. The van der Waals surface area contributed by atoms with Crippen LogP contribution < -0.4 is 0 Å². The van der Waals surface area contributed by atoms with Crippen molar-refractivity contribution in [2.75, 3.05) is 20.2 Å². The molecule has 3 N–H and O–H groups in total. The van der Waals surface area contributed by atoms with Crippen molar-refractivity contribution < 1.29 is 38.5 Å². The number of nitrogens with zero attached hydrogens (tertiary/aromatic N) is 2. The van der Waals surface area contributed by atoms with Crippen LogP contribution in [0.1, 0.15) is 122 Å². The van der Waals surface area contributed by atoms with Gasteiger partial charge in [-0.3, -0.25) is 0 Å². The van der Waals surface area contributed by atoms with E-state index >= 15 is 0 Å². The average molecular weight is 935 g/mol. The highest BCUT2D eigenvalue weighted by Crippen LogP contribution is 2.39. The van der Waals surface area contributed by atoms with Crippen LogP contribution in [0.5, 0.6) is 0 Å². The van der Waals surface area contributed by atoms with Crippen LogP contribution in [0.4, 0.5) is 9.59 Å². The fourth-order valence-electron chi connectivity index (χ4n) is 9.65. The monoisotopic (exact) mass is 934 g/mol. The van der Waals surface area contributed by atoms with E-state index in [1.807, 2.05) is 99.9 Å². The van der Waals surface area contributed by atoms with Gasteiger partial charge in [0.2, 0.25) is 0 Å². The number of carbonyl (C=O) groups is 4. The number of ether oxygens (including phenoxy) is 3. The van der Waals surface area contributed by atoms with E-state index in [0.717, 1.165) is 94.8 Å². The van der Waals surface area contributed by atoms with E-state index in [4.69, 9.17) is 14.6 Å². The van der Waals surface area contributed by atoms with Crippen LogP contribution in [0.25, 0.3) is 34.0 Å². The van der Waals surface area contributed by atoms with Gasteiger partial charge in [-0.2, -0.15) is 0 Å². The quantitative estimate of drug-likeness (QED) is 0.0622. The normalized spacial score (nSPS) is 15.5. The molecule has 8 rings (SSSR count). The molecule has 12 nitrogen and oxygen atoms in total. The van der Waals surface area contributed by atoms with Crippen molar-refractivity contribution in [3.05, 3.63) is 153 Å². The van der Waals surface area contributed by atoms with Gasteiger partial charge in [-0.15, -0.1) is 0 Å². The molecule has 0 saturated carbocycles. The minimum Gasteiger partial charge on any atom is -0.478 e. The number of rotatable bonds is 12. The molecular formula is C57H66N4O8. The number of fused-ring (bicyclic) bond motifs is 4. The number of benzene rings is 4. The maximum absolute atomic E-state index is 13.4. The van der Waals surface area contributed by atoms with Gasteiger partial charge >= 0.3 is 24.1 Å². The number of para-hydroxylation sites is 2. The van der Waals surface area contributed by atoms with Gasteiger partial charge < -0.3 is 39.1 Å². The molecule has 4 aromatic carbocycles. The zero-order valence-electron chi connectivity index (χ0n) is 41.4. The topological polar surface area (TPSA) is 154 Å². The van der Waals surface area contributed by atoms with Crippen LogP contribution in [0.3, 0.4) is 0 Å². The first kappa shape index (κ1) is 49.8. The Morgan fingerprint density at radius 3 is 1.46 bits per heavy atom. The molecule has 0 aliphatic heterocycles. The lowest BCUT2D eigenvalue weighted by Gasteiger charge is -2.32. The molecule has 0 radical (unpaired) electrons. The Bertz CT molecular complexity index is 2910. The molecule has 69 heavy (non-hydrogen) atoms. The average Bonchev–Trinajstić information content (AvgIpc) is 4.06. The highest BCUT2D eigenvalue weighted by molar-refractivity contribution is 5.88. The first-order valence-corrected chi connectivity index (χ1v) is 23.8. The van der Waals surface area contributed by atoms with Crippen LogP contribution in [0.15, 0.2) is 97.1 Å². The van der Waals surface area contributed by atoms with E-state index in [1.165, 1.54) is 40.6 Å².